The molecule has 0 fully saturated rings. The summed E-state index contributed by atoms with van der Waals surface area (Å²) in [6.07, 6.45) is 3.50. The lowest BCUT2D eigenvalue weighted by Crippen LogP contribution is -2.53. The van der Waals surface area contributed by atoms with Crippen LogP contribution < -0.4 is 5.32 Å². The van der Waals surface area contributed by atoms with E-state index in [1.807, 2.05) is 6.07 Å². The van der Waals surface area contributed by atoms with Crippen LogP contribution in [0.5, 0.6) is 0 Å². The number of hydrogen-bond acceptors (Lipinski definition) is 3. The molecular formula is C16H18N2O3. The van der Waals surface area contributed by atoms with Gasteiger partial charge in [0.05, 0.1) is 11.6 Å². The van der Waals surface area contributed by atoms with Gasteiger partial charge in [-0.15, -0.1) is 0 Å². The number of amides is 1. The Morgan fingerprint density at radius 1 is 1.29 bits per heavy atom. The monoisotopic (exact) mass is 286 g/mol. The quantitative estimate of drug-likeness (QED) is 0.785. The van der Waals surface area contributed by atoms with Gasteiger partial charge in [0.1, 0.15) is 5.54 Å². The molecule has 2 N–H and O–H groups in total. The van der Waals surface area contributed by atoms with Crippen molar-refractivity contribution >= 4 is 18.0 Å². The number of carboxylic acids is 1. The van der Waals surface area contributed by atoms with Crippen molar-refractivity contribution in [3.05, 3.63) is 41.5 Å². The van der Waals surface area contributed by atoms with Crippen molar-refractivity contribution < 1.29 is 14.7 Å². The van der Waals surface area contributed by atoms with Crippen LogP contribution >= 0.6 is 0 Å². The van der Waals surface area contributed by atoms with Gasteiger partial charge in [-0.1, -0.05) is 26.0 Å². The van der Waals surface area contributed by atoms with E-state index in [4.69, 9.17) is 5.26 Å². The SMILES string of the molecule is CCC(CC)(NC(=O)C=Cc1ccc(C#N)cc1)C(=O)O. The molecule has 1 amide bonds. The van der Waals surface area contributed by atoms with Gasteiger partial charge in [-0.2, -0.15) is 5.26 Å². The molecular weight excluding hydrogens is 268 g/mol. The summed E-state index contributed by atoms with van der Waals surface area (Å²) in [5, 5.41) is 20.5. The van der Waals surface area contributed by atoms with Crippen molar-refractivity contribution in [2.24, 2.45) is 0 Å². The van der Waals surface area contributed by atoms with Gasteiger partial charge < -0.3 is 10.4 Å². The summed E-state index contributed by atoms with van der Waals surface area (Å²) in [5.41, 5.74) is 0.0723. The summed E-state index contributed by atoms with van der Waals surface area (Å²) in [5.74, 6) is -1.49. The number of carbonyl (C=O) groups excluding carboxylic acids is 1. The number of nitriles is 1. The first-order valence-electron chi connectivity index (χ1n) is 6.71. The summed E-state index contributed by atoms with van der Waals surface area (Å²) in [6, 6.07) is 8.74. The lowest BCUT2D eigenvalue weighted by atomic mass is 9.93. The summed E-state index contributed by atoms with van der Waals surface area (Å²) in [7, 11) is 0. The first-order chi connectivity index (χ1) is 9.97. The molecule has 1 aromatic rings. The fourth-order valence-electron chi connectivity index (χ4n) is 1.90. The zero-order valence-electron chi connectivity index (χ0n) is 12.1. The molecule has 0 bridgehead atoms. The second-order valence-corrected chi connectivity index (χ2v) is 4.65. The maximum absolute atomic E-state index is 11.9. The predicted molar refractivity (Wildman–Crippen MR) is 79.3 cm³/mol. The smallest absolute Gasteiger partial charge is 0.329 e. The third-order valence-corrected chi connectivity index (χ3v) is 3.45. The van der Waals surface area contributed by atoms with Crippen molar-refractivity contribution in [3.63, 3.8) is 0 Å². The minimum absolute atomic E-state index is 0.315. The van der Waals surface area contributed by atoms with Crippen molar-refractivity contribution in [2.45, 2.75) is 32.2 Å². The van der Waals surface area contributed by atoms with Crippen LogP contribution in [0.15, 0.2) is 30.3 Å². The number of carbonyl (C=O) groups is 2. The van der Waals surface area contributed by atoms with E-state index in [1.54, 1.807) is 44.2 Å². The molecule has 5 heteroatoms. The Labute approximate surface area is 123 Å². The summed E-state index contributed by atoms with van der Waals surface area (Å²) < 4.78 is 0. The van der Waals surface area contributed by atoms with Crippen molar-refractivity contribution in [3.8, 4) is 6.07 Å². The number of nitrogens with one attached hydrogen (secondary N) is 1. The number of hydrogen-bond donors (Lipinski definition) is 2. The Kier molecular flexibility index (Phi) is 5.67. The third-order valence-electron chi connectivity index (χ3n) is 3.45. The predicted octanol–water partition coefficient (Wildman–Crippen LogP) is 2.33. The lowest BCUT2D eigenvalue weighted by molar-refractivity contribution is -0.147. The molecule has 0 saturated heterocycles. The van der Waals surface area contributed by atoms with Gasteiger partial charge in [0.25, 0.3) is 0 Å². The van der Waals surface area contributed by atoms with Gasteiger partial charge in [-0.25, -0.2) is 4.79 Å². The number of rotatable bonds is 6. The molecule has 0 aromatic heterocycles. The fourth-order valence-corrected chi connectivity index (χ4v) is 1.90. The molecule has 0 saturated carbocycles. The Morgan fingerprint density at radius 3 is 2.29 bits per heavy atom. The van der Waals surface area contributed by atoms with Crippen molar-refractivity contribution in [2.75, 3.05) is 0 Å². The summed E-state index contributed by atoms with van der Waals surface area (Å²) in [6.45, 7) is 3.45. The molecule has 0 atom stereocenters. The highest BCUT2D eigenvalue weighted by Crippen LogP contribution is 2.15. The highest BCUT2D eigenvalue weighted by atomic mass is 16.4. The molecule has 0 aliphatic rings. The highest BCUT2D eigenvalue weighted by molar-refractivity contribution is 5.95. The van der Waals surface area contributed by atoms with E-state index >= 15 is 0 Å². The normalized spacial score (nSPS) is 11.1. The van der Waals surface area contributed by atoms with Gasteiger partial charge in [-0.3, -0.25) is 4.79 Å². The zero-order chi connectivity index (χ0) is 15.9. The first-order valence-corrected chi connectivity index (χ1v) is 6.71. The van der Waals surface area contributed by atoms with Gasteiger partial charge in [-0.05, 0) is 36.6 Å². The van der Waals surface area contributed by atoms with Crippen LogP contribution in [0.25, 0.3) is 6.08 Å². The number of aliphatic carboxylic acids is 1. The fraction of sp³-hybridized carbons (Fsp3) is 0.312. The minimum Gasteiger partial charge on any atom is -0.480 e. The van der Waals surface area contributed by atoms with E-state index < -0.39 is 17.4 Å². The van der Waals surface area contributed by atoms with E-state index in [0.717, 1.165) is 5.56 Å². The molecule has 0 heterocycles. The van der Waals surface area contributed by atoms with Gasteiger partial charge >= 0.3 is 5.97 Å². The van der Waals surface area contributed by atoms with Gasteiger partial charge in [0.2, 0.25) is 5.91 Å². The van der Waals surface area contributed by atoms with E-state index in [-0.39, 0.29) is 0 Å². The Hall–Kier alpha value is -2.61. The maximum atomic E-state index is 11.9. The van der Waals surface area contributed by atoms with Gasteiger partial charge in [0.15, 0.2) is 0 Å². The van der Waals surface area contributed by atoms with Crippen LogP contribution in [-0.2, 0) is 9.59 Å². The molecule has 21 heavy (non-hydrogen) atoms. The molecule has 110 valence electrons. The highest BCUT2D eigenvalue weighted by Gasteiger charge is 2.35. The second kappa shape index (κ2) is 7.25. The van der Waals surface area contributed by atoms with Crippen LogP contribution in [0.1, 0.15) is 37.8 Å². The molecule has 0 unspecified atom stereocenters. The van der Waals surface area contributed by atoms with E-state index in [0.29, 0.717) is 18.4 Å². The summed E-state index contributed by atoms with van der Waals surface area (Å²) in [4.78, 5) is 23.2. The number of nitrogens with zero attached hydrogens (tertiary/aromatic N) is 1. The molecule has 0 radical (unpaired) electrons. The third kappa shape index (κ3) is 4.18. The van der Waals surface area contributed by atoms with Crippen LogP contribution in [0.2, 0.25) is 0 Å². The topological polar surface area (TPSA) is 90.2 Å². The van der Waals surface area contributed by atoms with E-state index in [9.17, 15) is 14.7 Å². The van der Waals surface area contributed by atoms with E-state index in [2.05, 4.69) is 5.32 Å². The molecule has 0 spiro atoms. The lowest BCUT2D eigenvalue weighted by Gasteiger charge is -2.27. The average molecular weight is 286 g/mol. The van der Waals surface area contributed by atoms with Gasteiger partial charge in [0, 0.05) is 6.08 Å². The van der Waals surface area contributed by atoms with Crippen LogP contribution in [0, 0.1) is 11.3 Å². The van der Waals surface area contributed by atoms with Crippen LogP contribution in [0.3, 0.4) is 0 Å². The molecule has 1 aromatic carbocycles. The molecule has 0 aliphatic carbocycles. The largest absolute Gasteiger partial charge is 0.480 e. The van der Waals surface area contributed by atoms with Crippen molar-refractivity contribution in [1.29, 1.82) is 5.26 Å². The van der Waals surface area contributed by atoms with E-state index in [1.165, 1.54) is 6.08 Å². The first kappa shape index (κ1) is 16.4. The van der Waals surface area contributed by atoms with Crippen LogP contribution in [0.4, 0.5) is 0 Å². The summed E-state index contributed by atoms with van der Waals surface area (Å²) >= 11 is 0. The molecule has 5 nitrogen and oxygen atoms in total. The Morgan fingerprint density at radius 2 is 1.86 bits per heavy atom. The number of carboxylic acid groups (broad SMARTS) is 1. The molecule has 1 rings (SSSR count). The Bertz CT molecular complexity index is 579. The maximum Gasteiger partial charge on any atom is 0.329 e. The minimum atomic E-state index is -1.23. The zero-order valence-corrected chi connectivity index (χ0v) is 12.1. The standard InChI is InChI=1S/C16H18N2O3/c1-3-16(4-2,15(20)21)18-14(19)10-9-12-5-7-13(11-17)8-6-12/h5-10H,3-4H2,1-2H3,(H,18,19)(H,20,21). The van der Waals surface area contributed by atoms with Crippen molar-refractivity contribution in [1.82, 2.24) is 5.32 Å². The van der Waals surface area contributed by atoms with Crippen LogP contribution in [-0.4, -0.2) is 22.5 Å². The average Bonchev–Trinajstić information content (AvgIpc) is 2.50. The molecule has 0 aliphatic heterocycles. The Balaban J connectivity index is 2.78. The second-order valence-electron chi connectivity index (χ2n) is 4.65. The number of benzene rings is 1.